The molecule has 7 atom stereocenters. The van der Waals surface area contributed by atoms with Gasteiger partial charge < -0.3 is 30.0 Å². The van der Waals surface area contributed by atoms with Crippen molar-refractivity contribution >= 4 is 42.8 Å². The van der Waals surface area contributed by atoms with Crippen LogP contribution in [0, 0.1) is 23.7 Å². The van der Waals surface area contributed by atoms with Crippen molar-refractivity contribution in [1.82, 2.24) is 20.1 Å². The minimum absolute atomic E-state index is 0.0642. The zero-order valence-corrected chi connectivity index (χ0v) is 29.5. The summed E-state index contributed by atoms with van der Waals surface area (Å²) in [5.74, 6) is 0.721. The van der Waals surface area contributed by atoms with E-state index in [0.717, 1.165) is 21.8 Å². The summed E-state index contributed by atoms with van der Waals surface area (Å²) in [7, 11) is -4.02. The number of carbonyl (C=O) groups excluding carboxylic acids is 1. The summed E-state index contributed by atoms with van der Waals surface area (Å²) in [5, 5.41) is 20.1. The molecule has 1 saturated carbocycles. The van der Waals surface area contributed by atoms with E-state index in [9.17, 15) is 18.3 Å². The lowest BCUT2D eigenvalue weighted by atomic mass is 9.98. The molecule has 2 aromatic carbocycles. The summed E-state index contributed by atoms with van der Waals surface area (Å²) in [5.41, 5.74) is 1.50. The summed E-state index contributed by atoms with van der Waals surface area (Å²) in [4.78, 5) is 20.7. The molecule has 3 aromatic rings. The highest BCUT2D eigenvalue weighted by Crippen LogP contribution is 2.49. The predicted molar refractivity (Wildman–Crippen MR) is 184 cm³/mol. The number of hydrogen-bond donors (Lipinski definition) is 4. The Balaban J connectivity index is 1.17. The van der Waals surface area contributed by atoms with E-state index in [1.54, 1.807) is 18.2 Å². The van der Waals surface area contributed by atoms with E-state index in [0.29, 0.717) is 38.1 Å². The lowest BCUT2D eigenvalue weighted by Crippen LogP contribution is -2.54. The number of thiazole rings is 1. The number of anilines is 1. The van der Waals surface area contributed by atoms with Crippen molar-refractivity contribution in [2.45, 2.75) is 82.4 Å². The van der Waals surface area contributed by atoms with Gasteiger partial charge in [-0.25, -0.2) is 23.2 Å². The second kappa shape index (κ2) is 15.0. The first-order chi connectivity index (χ1) is 22.9. The number of amides is 1. The van der Waals surface area contributed by atoms with Crippen LogP contribution in [-0.4, -0.2) is 86.5 Å². The van der Waals surface area contributed by atoms with Gasteiger partial charge in [-0.15, -0.1) is 4.83 Å². The van der Waals surface area contributed by atoms with Gasteiger partial charge in [0.25, 0.3) is 10.0 Å². The SMILES string of the molecule is CC(C)CCN(CC(O)C(Cc1ccccc1)NC(=O)OC1C2COC3OCC1C3C2)NS(=O)(=O)c1ccc2sc(NC(C)C)nc2c1. The van der Waals surface area contributed by atoms with Crippen molar-refractivity contribution in [2.75, 3.05) is 31.6 Å². The summed E-state index contributed by atoms with van der Waals surface area (Å²) in [6, 6.07) is 13.9. The van der Waals surface area contributed by atoms with E-state index in [1.165, 1.54) is 16.3 Å². The Labute approximate surface area is 286 Å². The highest BCUT2D eigenvalue weighted by atomic mass is 32.2. The molecular formula is C34H47N5O7S2. The smallest absolute Gasteiger partial charge is 0.407 e. The van der Waals surface area contributed by atoms with Crippen molar-refractivity contribution in [3.63, 3.8) is 0 Å². The van der Waals surface area contributed by atoms with Crippen LogP contribution in [0.2, 0.25) is 0 Å². The molecule has 1 aliphatic carbocycles. The van der Waals surface area contributed by atoms with Gasteiger partial charge in [0.05, 0.1) is 40.5 Å². The van der Waals surface area contributed by atoms with Crippen LogP contribution in [0.25, 0.3) is 10.2 Å². The number of nitrogens with zero attached hydrogens (tertiary/aromatic N) is 2. The minimum atomic E-state index is -4.02. The van der Waals surface area contributed by atoms with Crippen molar-refractivity contribution in [1.29, 1.82) is 0 Å². The number of alkyl carbamates (subject to hydrolysis) is 1. The molecule has 2 bridgehead atoms. The van der Waals surface area contributed by atoms with E-state index < -0.39 is 28.3 Å². The molecule has 3 fully saturated rings. The van der Waals surface area contributed by atoms with Crippen LogP contribution in [0.4, 0.5) is 9.93 Å². The van der Waals surface area contributed by atoms with E-state index in [-0.39, 0.29) is 53.5 Å². The van der Waals surface area contributed by atoms with Crippen LogP contribution < -0.4 is 15.5 Å². The third-order valence-electron chi connectivity index (χ3n) is 9.31. The van der Waals surface area contributed by atoms with Gasteiger partial charge in [-0.1, -0.05) is 55.5 Å². The Morgan fingerprint density at radius 1 is 1.10 bits per heavy atom. The molecule has 0 spiro atoms. The van der Waals surface area contributed by atoms with Gasteiger partial charge in [-0.2, -0.15) is 0 Å². The highest BCUT2D eigenvalue weighted by molar-refractivity contribution is 7.89. The van der Waals surface area contributed by atoms with Gasteiger partial charge in [0.2, 0.25) is 0 Å². The third kappa shape index (κ3) is 8.29. The lowest BCUT2D eigenvalue weighted by molar-refractivity contribution is -0.169. The van der Waals surface area contributed by atoms with Crippen LogP contribution in [0.1, 0.15) is 46.1 Å². The number of ether oxygens (including phenoxy) is 3. The van der Waals surface area contributed by atoms with Gasteiger partial charge in [0, 0.05) is 36.9 Å². The van der Waals surface area contributed by atoms with Crippen molar-refractivity contribution < 1.29 is 32.5 Å². The number of hydrogen-bond acceptors (Lipinski definition) is 11. The molecule has 6 rings (SSSR count). The Morgan fingerprint density at radius 2 is 1.88 bits per heavy atom. The van der Waals surface area contributed by atoms with E-state index >= 15 is 0 Å². The summed E-state index contributed by atoms with van der Waals surface area (Å²) >= 11 is 1.47. The van der Waals surface area contributed by atoms with Crippen LogP contribution >= 0.6 is 11.3 Å². The molecule has 48 heavy (non-hydrogen) atoms. The Kier molecular flexibility index (Phi) is 10.9. The summed E-state index contributed by atoms with van der Waals surface area (Å²) < 4.78 is 45.9. The van der Waals surface area contributed by atoms with Crippen LogP contribution in [0.15, 0.2) is 53.4 Å². The van der Waals surface area contributed by atoms with Gasteiger partial charge in [0.1, 0.15) is 6.10 Å². The molecule has 4 N–H and O–H groups in total. The highest BCUT2D eigenvalue weighted by Gasteiger charge is 2.56. The average molecular weight is 702 g/mol. The first-order valence-electron chi connectivity index (χ1n) is 16.8. The standard InChI is InChI=1S/C34H47N5O7S2/c1-20(2)12-13-39(38-48(42,43)24-10-11-30-28(16-24)36-33(47-30)35-21(3)4)17-29(40)27(14-22-8-6-5-7-9-22)37-34(41)46-31-23-15-25-26(31)19-45-32(25)44-18-23/h5-11,16,20-21,23,25-27,29,31-32,38,40H,12-15,17-19H2,1-4H3,(H,35,36)(H,37,41). The Hall–Kier alpha value is -2.85. The number of rotatable bonds is 15. The van der Waals surface area contributed by atoms with Crippen molar-refractivity contribution in [3.05, 3.63) is 54.1 Å². The van der Waals surface area contributed by atoms with E-state index in [2.05, 4.69) is 34.3 Å². The number of hydrazine groups is 1. The van der Waals surface area contributed by atoms with Gasteiger partial charge >= 0.3 is 6.09 Å². The number of sulfonamides is 1. The molecule has 1 aromatic heterocycles. The topological polar surface area (TPSA) is 151 Å². The fourth-order valence-corrected chi connectivity index (χ4v) is 8.97. The van der Waals surface area contributed by atoms with Crippen molar-refractivity contribution in [2.24, 2.45) is 23.7 Å². The molecule has 14 heteroatoms. The molecule has 262 valence electrons. The fourth-order valence-electron chi connectivity index (χ4n) is 6.86. The molecule has 3 heterocycles. The molecule has 1 amide bonds. The number of aliphatic hydroxyl groups excluding tert-OH is 1. The second-order valence-electron chi connectivity index (χ2n) is 13.9. The molecule has 3 aliphatic rings. The molecular weight excluding hydrogens is 655 g/mol. The Bertz CT molecular complexity index is 1650. The minimum Gasteiger partial charge on any atom is -0.445 e. The number of benzene rings is 2. The summed E-state index contributed by atoms with van der Waals surface area (Å²) in [6.45, 7) is 9.41. The lowest BCUT2D eigenvalue weighted by Gasteiger charge is -2.31. The zero-order valence-electron chi connectivity index (χ0n) is 27.9. The molecule has 7 unspecified atom stereocenters. The maximum Gasteiger partial charge on any atom is 0.407 e. The zero-order chi connectivity index (χ0) is 34.0. The van der Waals surface area contributed by atoms with Crippen LogP contribution in [0.5, 0.6) is 0 Å². The average Bonchev–Trinajstić information content (AvgIpc) is 3.71. The van der Waals surface area contributed by atoms with Crippen LogP contribution in [0.3, 0.4) is 0 Å². The quantitative estimate of drug-likeness (QED) is 0.168. The van der Waals surface area contributed by atoms with Crippen molar-refractivity contribution in [3.8, 4) is 0 Å². The molecule has 2 aliphatic heterocycles. The number of aromatic nitrogens is 1. The fraction of sp³-hybridized carbons (Fsp3) is 0.588. The second-order valence-corrected chi connectivity index (χ2v) is 16.6. The number of aliphatic hydroxyl groups is 1. The molecule has 12 nitrogen and oxygen atoms in total. The van der Waals surface area contributed by atoms with Gasteiger partial charge in [-0.3, -0.25) is 0 Å². The Morgan fingerprint density at radius 3 is 2.62 bits per heavy atom. The van der Waals surface area contributed by atoms with E-state index in [1.807, 2.05) is 44.2 Å². The molecule has 2 saturated heterocycles. The number of carbonyl (C=O) groups is 1. The largest absolute Gasteiger partial charge is 0.445 e. The van der Waals surface area contributed by atoms with Gasteiger partial charge in [-0.05, 0) is 62.8 Å². The predicted octanol–water partition coefficient (Wildman–Crippen LogP) is 4.36. The van der Waals surface area contributed by atoms with E-state index in [4.69, 9.17) is 14.2 Å². The first kappa shape index (κ1) is 35.0. The maximum absolute atomic E-state index is 13.7. The summed E-state index contributed by atoms with van der Waals surface area (Å²) in [6.07, 6.45) is -0.391. The number of nitrogens with one attached hydrogen (secondary N) is 3. The third-order valence-corrected chi connectivity index (χ3v) is 11.7. The maximum atomic E-state index is 13.7. The monoisotopic (exact) mass is 701 g/mol. The van der Waals surface area contributed by atoms with Gasteiger partial charge in [0.15, 0.2) is 11.4 Å². The first-order valence-corrected chi connectivity index (χ1v) is 19.1. The normalized spacial score (nSPS) is 24.8. The van der Waals surface area contributed by atoms with Crippen LogP contribution in [-0.2, 0) is 30.7 Å². The number of fused-ring (bicyclic) bond motifs is 2. The molecule has 0 radical (unpaired) electrons.